The summed E-state index contributed by atoms with van der Waals surface area (Å²) in [6.45, 7) is 4.71. The van der Waals surface area contributed by atoms with Gasteiger partial charge in [0.25, 0.3) is 0 Å². The lowest BCUT2D eigenvalue weighted by Crippen LogP contribution is -2.26. The van der Waals surface area contributed by atoms with Crippen LogP contribution in [0.1, 0.15) is 25.0 Å². The Hall–Kier alpha value is -1.86. The summed E-state index contributed by atoms with van der Waals surface area (Å²) in [6.07, 6.45) is 1.58. The largest absolute Gasteiger partial charge is 0.490 e. The van der Waals surface area contributed by atoms with Gasteiger partial charge in [-0.1, -0.05) is 24.3 Å². The van der Waals surface area contributed by atoms with E-state index in [9.17, 15) is 4.79 Å². The molecule has 2 aromatic carbocycles. The van der Waals surface area contributed by atoms with Gasteiger partial charge in [0.2, 0.25) is 0 Å². The zero-order chi connectivity index (χ0) is 18.9. The normalized spacial score (nSPS) is 12.7. The number of allylic oxidation sites excluding steroid dienone is 1. The van der Waals surface area contributed by atoms with Crippen molar-refractivity contribution in [3.05, 3.63) is 69.3 Å². The predicted octanol–water partition coefficient (Wildman–Crippen LogP) is 4.81. The molecule has 2 aromatic rings. The molecule has 0 spiro atoms. The van der Waals surface area contributed by atoms with Gasteiger partial charge in [-0.25, -0.2) is 4.79 Å². The Kier molecular flexibility index (Phi) is 8.12. The summed E-state index contributed by atoms with van der Waals surface area (Å²) in [6, 6.07) is 15.8. The van der Waals surface area contributed by atoms with E-state index in [1.54, 1.807) is 6.92 Å². The van der Waals surface area contributed by atoms with E-state index in [2.05, 4.69) is 53.8 Å². The molecule has 5 heteroatoms. The molecule has 0 saturated carbocycles. The topological polar surface area (TPSA) is 55.8 Å². The first-order chi connectivity index (χ1) is 12.5. The van der Waals surface area contributed by atoms with Crippen LogP contribution in [0.2, 0.25) is 0 Å². The number of hydrogen-bond acceptors (Lipinski definition) is 3. The minimum absolute atomic E-state index is 0.343. The molecule has 1 atom stereocenters. The Morgan fingerprint density at radius 3 is 2.38 bits per heavy atom. The summed E-state index contributed by atoms with van der Waals surface area (Å²) in [7, 11) is 0. The first-order valence-corrected chi connectivity index (χ1v) is 9.56. The van der Waals surface area contributed by atoms with Crippen LogP contribution in [-0.2, 0) is 16.0 Å². The van der Waals surface area contributed by atoms with Crippen molar-refractivity contribution in [3.8, 4) is 5.75 Å². The van der Waals surface area contributed by atoms with Gasteiger partial charge in [-0.3, -0.25) is 0 Å². The van der Waals surface area contributed by atoms with Crippen LogP contribution in [0.15, 0.2) is 54.6 Å². The van der Waals surface area contributed by atoms with Crippen LogP contribution in [0.3, 0.4) is 0 Å². The lowest BCUT2D eigenvalue weighted by atomic mass is 10.1. The van der Waals surface area contributed by atoms with Crippen LogP contribution in [-0.4, -0.2) is 30.4 Å². The fraction of sp³-hybridized carbons (Fsp3) is 0.286. The van der Waals surface area contributed by atoms with E-state index in [1.807, 2.05) is 30.3 Å². The van der Waals surface area contributed by atoms with Gasteiger partial charge >= 0.3 is 5.97 Å². The maximum Gasteiger partial charge on any atom is 0.333 e. The summed E-state index contributed by atoms with van der Waals surface area (Å²) in [5.41, 5.74) is 3.25. The molecule has 0 radical (unpaired) electrons. The van der Waals surface area contributed by atoms with Crippen LogP contribution < -0.4 is 4.74 Å². The quantitative estimate of drug-likeness (QED) is 0.540. The third-order valence-electron chi connectivity index (χ3n) is 3.93. The van der Waals surface area contributed by atoms with Gasteiger partial charge in [-0.15, -0.1) is 0 Å². The minimum Gasteiger partial charge on any atom is -0.490 e. The number of hydrogen-bond donors (Lipinski definition) is 1. The number of aliphatic carboxylic acids is 1. The molecule has 1 N–H and O–H groups in total. The Morgan fingerprint density at radius 1 is 1.15 bits per heavy atom. The molecule has 138 valence electrons. The van der Waals surface area contributed by atoms with Gasteiger partial charge in [-0.2, -0.15) is 0 Å². The molecule has 0 aromatic heterocycles. The summed E-state index contributed by atoms with van der Waals surface area (Å²) < 4.78 is 12.2. The summed E-state index contributed by atoms with van der Waals surface area (Å²) >= 11 is 2.29. The molecule has 0 aliphatic rings. The standard InChI is InChI=1S/C21H23IO4/c1-3-25-20(21(23)24)14-16-4-10-19(11-5-16)26-13-12-15(2)17-6-8-18(22)9-7-17/h4-12,20H,3,13-14H2,1-2H3,(H,23,24)/b15-12-. The second kappa shape index (κ2) is 10.3. The van der Waals surface area contributed by atoms with Crippen molar-refractivity contribution in [2.75, 3.05) is 13.2 Å². The molecule has 0 fully saturated rings. The third kappa shape index (κ3) is 6.46. The highest BCUT2D eigenvalue weighted by Gasteiger charge is 2.17. The molecule has 26 heavy (non-hydrogen) atoms. The Bertz CT molecular complexity index is 736. The van der Waals surface area contributed by atoms with Crippen molar-refractivity contribution in [1.82, 2.24) is 0 Å². The van der Waals surface area contributed by atoms with E-state index >= 15 is 0 Å². The van der Waals surface area contributed by atoms with E-state index in [0.29, 0.717) is 19.6 Å². The molecular weight excluding hydrogens is 443 g/mol. The lowest BCUT2D eigenvalue weighted by molar-refractivity contribution is -0.149. The number of rotatable bonds is 9. The van der Waals surface area contributed by atoms with Gasteiger partial charge in [0.1, 0.15) is 12.4 Å². The number of carboxylic acids is 1. The summed E-state index contributed by atoms with van der Waals surface area (Å²) in [4.78, 5) is 11.1. The average molecular weight is 466 g/mol. The predicted molar refractivity (Wildman–Crippen MR) is 112 cm³/mol. The molecular formula is C21H23IO4. The van der Waals surface area contributed by atoms with Gasteiger partial charge in [0.15, 0.2) is 6.10 Å². The molecule has 2 rings (SSSR count). The molecule has 4 nitrogen and oxygen atoms in total. The van der Waals surface area contributed by atoms with Crippen molar-refractivity contribution in [2.24, 2.45) is 0 Å². The van der Waals surface area contributed by atoms with Gasteiger partial charge < -0.3 is 14.6 Å². The van der Waals surface area contributed by atoms with Gasteiger partial charge in [0.05, 0.1) is 0 Å². The maximum atomic E-state index is 11.1. The van der Waals surface area contributed by atoms with E-state index < -0.39 is 12.1 Å². The zero-order valence-electron chi connectivity index (χ0n) is 14.9. The fourth-order valence-corrected chi connectivity index (χ4v) is 2.81. The summed E-state index contributed by atoms with van der Waals surface area (Å²) in [5, 5.41) is 9.14. The Balaban J connectivity index is 1.89. The van der Waals surface area contributed by atoms with Crippen LogP contribution in [0.5, 0.6) is 5.75 Å². The zero-order valence-corrected chi connectivity index (χ0v) is 17.1. The van der Waals surface area contributed by atoms with Crippen LogP contribution >= 0.6 is 22.6 Å². The fourth-order valence-electron chi connectivity index (χ4n) is 2.45. The SMILES string of the molecule is CCOC(Cc1ccc(OC/C=C(/C)c2ccc(I)cc2)cc1)C(=O)O. The third-order valence-corrected chi connectivity index (χ3v) is 4.65. The first-order valence-electron chi connectivity index (χ1n) is 8.48. The number of carbonyl (C=O) groups is 1. The minimum atomic E-state index is -0.941. The molecule has 0 amide bonds. The van der Waals surface area contributed by atoms with Crippen LogP contribution in [0, 0.1) is 3.57 Å². The van der Waals surface area contributed by atoms with Crippen LogP contribution in [0.25, 0.3) is 5.57 Å². The molecule has 0 saturated heterocycles. The molecule has 0 bridgehead atoms. The number of benzene rings is 2. The number of ether oxygens (including phenoxy) is 2. The number of halogens is 1. The van der Waals surface area contributed by atoms with Crippen molar-refractivity contribution in [1.29, 1.82) is 0 Å². The van der Waals surface area contributed by atoms with E-state index in [0.717, 1.165) is 11.3 Å². The maximum absolute atomic E-state index is 11.1. The highest BCUT2D eigenvalue weighted by Crippen LogP contribution is 2.17. The monoisotopic (exact) mass is 466 g/mol. The second-order valence-corrected chi connectivity index (χ2v) is 7.08. The van der Waals surface area contributed by atoms with Gasteiger partial charge in [0, 0.05) is 16.6 Å². The molecule has 0 heterocycles. The highest BCUT2D eigenvalue weighted by atomic mass is 127. The second-order valence-electron chi connectivity index (χ2n) is 5.84. The van der Waals surface area contributed by atoms with E-state index in [-0.39, 0.29) is 0 Å². The van der Waals surface area contributed by atoms with Crippen molar-refractivity contribution >= 4 is 34.1 Å². The molecule has 0 aliphatic carbocycles. The Morgan fingerprint density at radius 2 is 1.81 bits per heavy atom. The Labute approximate surface area is 168 Å². The van der Waals surface area contributed by atoms with E-state index in [1.165, 1.54) is 14.7 Å². The molecule has 1 unspecified atom stereocenters. The average Bonchev–Trinajstić information content (AvgIpc) is 2.63. The smallest absolute Gasteiger partial charge is 0.333 e. The molecule has 0 aliphatic heterocycles. The highest BCUT2D eigenvalue weighted by molar-refractivity contribution is 14.1. The van der Waals surface area contributed by atoms with E-state index in [4.69, 9.17) is 14.6 Å². The number of carboxylic acid groups (broad SMARTS) is 1. The van der Waals surface area contributed by atoms with Crippen molar-refractivity contribution in [3.63, 3.8) is 0 Å². The van der Waals surface area contributed by atoms with Crippen LogP contribution in [0.4, 0.5) is 0 Å². The lowest BCUT2D eigenvalue weighted by Gasteiger charge is -2.12. The van der Waals surface area contributed by atoms with Gasteiger partial charge in [-0.05, 0) is 83.5 Å². The van der Waals surface area contributed by atoms with Crippen molar-refractivity contribution in [2.45, 2.75) is 26.4 Å². The van der Waals surface area contributed by atoms with Crippen molar-refractivity contribution < 1.29 is 19.4 Å². The first kappa shape index (κ1) is 20.5. The summed E-state index contributed by atoms with van der Waals surface area (Å²) in [5.74, 6) is -0.188.